The van der Waals surface area contributed by atoms with Crippen LogP contribution in [0.25, 0.3) is 22.6 Å². The fraction of sp³-hybridized carbons (Fsp3) is 0.192. The number of nitrogens with one attached hydrogen (secondary N) is 2. The lowest BCUT2D eigenvalue weighted by Crippen LogP contribution is -2.34. The monoisotopic (exact) mass is 459 g/mol. The second-order valence-corrected chi connectivity index (χ2v) is 8.25. The van der Waals surface area contributed by atoms with E-state index in [1.807, 2.05) is 56.3 Å². The minimum absolute atomic E-state index is 0.121. The first kappa shape index (κ1) is 22.5. The summed E-state index contributed by atoms with van der Waals surface area (Å²) in [6, 6.07) is 20.4. The number of carbonyl (C=O) groups is 1. The molecule has 1 amide bonds. The van der Waals surface area contributed by atoms with E-state index in [0.29, 0.717) is 17.1 Å². The maximum atomic E-state index is 12.5. The number of fused-ring (bicyclic) bond motifs is 1. The van der Waals surface area contributed by atoms with Crippen molar-refractivity contribution in [3.8, 4) is 17.2 Å². The number of benzene rings is 3. The largest absolute Gasteiger partial charge is 0.491 e. The molecule has 1 aromatic heterocycles. The van der Waals surface area contributed by atoms with Crippen molar-refractivity contribution in [1.82, 2.24) is 10.3 Å². The molecule has 4 rings (SSSR count). The molecule has 6 nitrogen and oxygen atoms in total. The van der Waals surface area contributed by atoms with Crippen LogP contribution in [0.2, 0.25) is 0 Å². The molecule has 0 bridgehead atoms. The number of hydrogen-bond acceptors (Lipinski definition) is 5. The highest BCUT2D eigenvalue weighted by molar-refractivity contribution is 7.80. The molecular weight excluding hydrogens is 434 g/mol. The molecule has 0 aliphatic carbocycles. The van der Waals surface area contributed by atoms with Gasteiger partial charge in [-0.3, -0.25) is 10.1 Å². The quantitative estimate of drug-likeness (QED) is 0.339. The number of aryl methyl sites for hydroxylation is 1. The average molecular weight is 460 g/mol. The fourth-order valence-electron chi connectivity index (χ4n) is 3.22. The summed E-state index contributed by atoms with van der Waals surface area (Å²) in [7, 11) is 0. The minimum Gasteiger partial charge on any atom is -0.491 e. The highest BCUT2D eigenvalue weighted by Gasteiger charge is 2.12. The maximum absolute atomic E-state index is 12.5. The Kier molecular flexibility index (Phi) is 6.70. The number of nitrogens with zero attached hydrogens (tertiary/aromatic N) is 1. The van der Waals surface area contributed by atoms with Gasteiger partial charge in [0.1, 0.15) is 11.3 Å². The molecule has 33 heavy (non-hydrogen) atoms. The Morgan fingerprint density at radius 2 is 1.91 bits per heavy atom. The molecule has 0 fully saturated rings. The first-order valence-electron chi connectivity index (χ1n) is 10.8. The van der Waals surface area contributed by atoms with Gasteiger partial charge in [0.2, 0.25) is 5.89 Å². The lowest BCUT2D eigenvalue weighted by Gasteiger charge is -2.13. The van der Waals surface area contributed by atoms with Gasteiger partial charge in [-0.2, -0.15) is 0 Å². The first-order chi connectivity index (χ1) is 15.9. The van der Waals surface area contributed by atoms with E-state index in [4.69, 9.17) is 21.4 Å². The van der Waals surface area contributed by atoms with Crippen LogP contribution in [0.3, 0.4) is 0 Å². The van der Waals surface area contributed by atoms with Crippen LogP contribution in [0, 0.1) is 6.92 Å². The number of ether oxygens (including phenoxy) is 1. The summed E-state index contributed by atoms with van der Waals surface area (Å²) in [6.45, 7) is 6.07. The van der Waals surface area contributed by atoms with E-state index in [9.17, 15) is 4.79 Å². The zero-order valence-electron chi connectivity index (χ0n) is 18.7. The van der Waals surface area contributed by atoms with Crippen molar-refractivity contribution in [2.75, 3.05) is 5.32 Å². The van der Waals surface area contributed by atoms with Gasteiger partial charge in [0.05, 0.1) is 6.10 Å². The van der Waals surface area contributed by atoms with Gasteiger partial charge in [-0.05, 0) is 92.6 Å². The van der Waals surface area contributed by atoms with Gasteiger partial charge >= 0.3 is 0 Å². The van der Waals surface area contributed by atoms with E-state index >= 15 is 0 Å². The van der Waals surface area contributed by atoms with Crippen LogP contribution >= 0.6 is 12.2 Å². The van der Waals surface area contributed by atoms with Crippen molar-refractivity contribution < 1.29 is 13.9 Å². The third kappa shape index (κ3) is 5.56. The fourth-order valence-corrected chi connectivity index (χ4v) is 3.43. The van der Waals surface area contributed by atoms with Crippen LogP contribution in [0.5, 0.6) is 5.75 Å². The number of anilines is 1. The highest BCUT2D eigenvalue weighted by atomic mass is 32.1. The van der Waals surface area contributed by atoms with Crippen molar-refractivity contribution >= 4 is 40.0 Å². The zero-order valence-corrected chi connectivity index (χ0v) is 19.5. The predicted molar refractivity (Wildman–Crippen MR) is 135 cm³/mol. The molecule has 1 atom stereocenters. The lowest BCUT2D eigenvalue weighted by atomic mass is 10.2. The molecule has 1 heterocycles. The van der Waals surface area contributed by atoms with Gasteiger partial charge in [-0.15, -0.1) is 0 Å². The smallest absolute Gasteiger partial charge is 0.257 e. The second-order valence-electron chi connectivity index (χ2n) is 7.84. The Hall–Kier alpha value is -3.71. The summed E-state index contributed by atoms with van der Waals surface area (Å²) in [5.74, 6) is 0.953. The Bertz CT molecular complexity index is 1300. The molecular formula is C26H25N3O3S. The standard InChI is InChI=1S/C26H25N3O3S/c1-4-17(3)31-21-11-9-18(10-12-21)24(30)29-26(33)27-20-7-5-6-19(15-20)25-28-22-13-8-16(2)14-23(22)32-25/h5-15,17H,4H2,1-3H3,(H2,27,29,30,33)/t17-/m0/s1. The van der Waals surface area contributed by atoms with Crippen molar-refractivity contribution in [1.29, 1.82) is 0 Å². The number of carbonyl (C=O) groups excluding carboxylic acids is 1. The van der Waals surface area contributed by atoms with Crippen LogP contribution in [0.4, 0.5) is 5.69 Å². The molecule has 2 N–H and O–H groups in total. The highest BCUT2D eigenvalue weighted by Crippen LogP contribution is 2.26. The van der Waals surface area contributed by atoms with Gasteiger partial charge in [-0.1, -0.05) is 19.1 Å². The zero-order chi connectivity index (χ0) is 23.4. The number of aromatic nitrogens is 1. The van der Waals surface area contributed by atoms with Gasteiger partial charge in [-0.25, -0.2) is 4.98 Å². The predicted octanol–water partition coefficient (Wildman–Crippen LogP) is 6.11. The summed E-state index contributed by atoms with van der Waals surface area (Å²) < 4.78 is 11.7. The molecule has 0 unspecified atom stereocenters. The molecule has 0 radical (unpaired) electrons. The van der Waals surface area contributed by atoms with Crippen LogP contribution in [0.1, 0.15) is 36.2 Å². The van der Waals surface area contributed by atoms with Gasteiger partial charge < -0.3 is 14.5 Å². The third-order valence-electron chi connectivity index (χ3n) is 5.17. The van der Waals surface area contributed by atoms with E-state index in [-0.39, 0.29) is 17.1 Å². The minimum atomic E-state index is -0.298. The maximum Gasteiger partial charge on any atom is 0.257 e. The van der Waals surface area contributed by atoms with Crippen molar-refractivity contribution in [3.63, 3.8) is 0 Å². The summed E-state index contributed by atoms with van der Waals surface area (Å²) in [6.07, 6.45) is 1.03. The molecule has 7 heteroatoms. The number of hydrogen-bond donors (Lipinski definition) is 2. The number of rotatable bonds is 6. The van der Waals surface area contributed by atoms with E-state index in [0.717, 1.165) is 34.4 Å². The summed E-state index contributed by atoms with van der Waals surface area (Å²) in [5, 5.41) is 5.95. The molecule has 3 aromatic carbocycles. The van der Waals surface area contributed by atoms with Crippen LogP contribution in [-0.4, -0.2) is 22.1 Å². The van der Waals surface area contributed by atoms with E-state index in [1.165, 1.54) is 0 Å². The number of oxazole rings is 1. The topological polar surface area (TPSA) is 76.4 Å². The van der Waals surface area contributed by atoms with E-state index in [2.05, 4.69) is 22.5 Å². The van der Waals surface area contributed by atoms with Gasteiger partial charge in [0, 0.05) is 16.8 Å². The summed E-state index contributed by atoms with van der Waals surface area (Å²) in [5.41, 5.74) is 4.67. The summed E-state index contributed by atoms with van der Waals surface area (Å²) in [4.78, 5) is 17.1. The number of thiocarbonyl (C=S) groups is 1. The molecule has 0 aliphatic rings. The van der Waals surface area contributed by atoms with Crippen molar-refractivity contribution in [2.45, 2.75) is 33.3 Å². The Morgan fingerprint density at radius 3 is 2.67 bits per heavy atom. The van der Waals surface area contributed by atoms with E-state index < -0.39 is 0 Å². The van der Waals surface area contributed by atoms with Crippen LogP contribution < -0.4 is 15.4 Å². The van der Waals surface area contributed by atoms with Crippen LogP contribution in [0.15, 0.2) is 71.1 Å². The second kappa shape index (κ2) is 9.83. The van der Waals surface area contributed by atoms with Crippen LogP contribution in [-0.2, 0) is 0 Å². The molecule has 0 saturated heterocycles. The SMILES string of the molecule is CC[C@H](C)Oc1ccc(C(=O)NC(=S)Nc2cccc(-c3nc4ccc(C)cc4o3)c2)cc1. The molecule has 0 aliphatic heterocycles. The van der Waals surface area contributed by atoms with Crippen molar-refractivity contribution in [2.24, 2.45) is 0 Å². The molecule has 0 saturated carbocycles. The third-order valence-corrected chi connectivity index (χ3v) is 5.37. The number of amides is 1. The van der Waals surface area contributed by atoms with Gasteiger partial charge in [0.25, 0.3) is 5.91 Å². The average Bonchev–Trinajstić information content (AvgIpc) is 3.23. The molecule has 0 spiro atoms. The molecule has 4 aromatic rings. The molecule has 168 valence electrons. The van der Waals surface area contributed by atoms with E-state index in [1.54, 1.807) is 24.3 Å². The Balaban J connectivity index is 1.40. The normalized spacial score (nSPS) is 11.7. The lowest BCUT2D eigenvalue weighted by molar-refractivity contribution is 0.0977. The Morgan fingerprint density at radius 1 is 1.12 bits per heavy atom. The summed E-state index contributed by atoms with van der Waals surface area (Å²) >= 11 is 5.33. The Labute approximate surface area is 198 Å². The van der Waals surface area contributed by atoms with Gasteiger partial charge in [0.15, 0.2) is 10.7 Å². The van der Waals surface area contributed by atoms with Crippen molar-refractivity contribution in [3.05, 3.63) is 77.9 Å². The first-order valence-corrected chi connectivity index (χ1v) is 11.2.